The van der Waals surface area contributed by atoms with Crippen LogP contribution in [0, 0.1) is 6.92 Å². The summed E-state index contributed by atoms with van der Waals surface area (Å²) in [5.41, 5.74) is 2.18. The van der Waals surface area contributed by atoms with Crippen LogP contribution in [0.1, 0.15) is 43.4 Å². The zero-order valence-electron chi connectivity index (χ0n) is 11.5. The number of unbranched alkanes of at least 4 members (excludes halogenated alkanes) is 1. The topological polar surface area (TPSA) is 46.2 Å². The van der Waals surface area contributed by atoms with E-state index in [-0.39, 0.29) is 11.8 Å². The summed E-state index contributed by atoms with van der Waals surface area (Å²) in [4.78, 5) is 0. The lowest BCUT2D eigenvalue weighted by Gasteiger charge is -2.17. The van der Waals surface area contributed by atoms with Crippen LogP contribution in [0.5, 0.6) is 0 Å². The molecule has 0 aliphatic carbocycles. The van der Waals surface area contributed by atoms with Gasteiger partial charge in [0.25, 0.3) is 0 Å². The normalized spacial score (nSPS) is 13.4. The molecule has 0 aliphatic heterocycles. The standard InChI is InChI=1S/C14H22ClNO2S/c1-3-14(13-8-6-12(2)7-9-13)16-19(17,18)11-5-4-10-15/h6-9,14,16H,3-5,10-11H2,1-2H3. The Labute approximate surface area is 121 Å². The zero-order chi connectivity index (χ0) is 14.3. The van der Waals surface area contributed by atoms with Gasteiger partial charge in [-0.15, -0.1) is 11.6 Å². The predicted octanol–water partition coefficient (Wildman–Crippen LogP) is 3.38. The first-order valence-electron chi connectivity index (χ1n) is 6.61. The van der Waals surface area contributed by atoms with Gasteiger partial charge in [-0.2, -0.15) is 0 Å². The highest BCUT2D eigenvalue weighted by Gasteiger charge is 2.17. The molecule has 108 valence electrons. The Morgan fingerprint density at radius 3 is 2.37 bits per heavy atom. The molecule has 0 bridgehead atoms. The van der Waals surface area contributed by atoms with Crippen molar-refractivity contribution in [1.82, 2.24) is 4.72 Å². The number of sulfonamides is 1. The van der Waals surface area contributed by atoms with Gasteiger partial charge in [0.05, 0.1) is 5.75 Å². The van der Waals surface area contributed by atoms with E-state index in [9.17, 15) is 8.42 Å². The maximum Gasteiger partial charge on any atom is 0.212 e. The van der Waals surface area contributed by atoms with E-state index in [1.165, 1.54) is 5.56 Å². The highest BCUT2D eigenvalue weighted by atomic mass is 35.5. The number of nitrogens with one attached hydrogen (secondary N) is 1. The van der Waals surface area contributed by atoms with Crippen LogP contribution in [-0.2, 0) is 10.0 Å². The molecule has 1 unspecified atom stereocenters. The van der Waals surface area contributed by atoms with E-state index in [0.29, 0.717) is 12.3 Å². The summed E-state index contributed by atoms with van der Waals surface area (Å²) in [7, 11) is -3.23. The van der Waals surface area contributed by atoms with Crippen LogP contribution in [0.3, 0.4) is 0 Å². The third-order valence-corrected chi connectivity index (χ3v) is 4.74. The lowest BCUT2D eigenvalue weighted by Crippen LogP contribution is -2.30. The maximum absolute atomic E-state index is 12.0. The molecule has 0 saturated heterocycles. The van der Waals surface area contributed by atoms with Crippen LogP contribution in [0.4, 0.5) is 0 Å². The quantitative estimate of drug-likeness (QED) is 0.591. The second kappa shape index (κ2) is 7.88. The van der Waals surface area contributed by atoms with Crippen LogP contribution in [0.25, 0.3) is 0 Å². The van der Waals surface area contributed by atoms with Crippen molar-refractivity contribution in [2.24, 2.45) is 0 Å². The second-order valence-electron chi connectivity index (χ2n) is 4.70. The first-order valence-corrected chi connectivity index (χ1v) is 8.79. The van der Waals surface area contributed by atoms with Crippen molar-refractivity contribution >= 4 is 21.6 Å². The first kappa shape index (κ1) is 16.5. The average Bonchev–Trinajstić information content (AvgIpc) is 2.37. The number of halogens is 1. The van der Waals surface area contributed by atoms with E-state index in [1.807, 2.05) is 38.1 Å². The van der Waals surface area contributed by atoms with Crippen LogP contribution >= 0.6 is 11.6 Å². The van der Waals surface area contributed by atoms with Gasteiger partial charge in [-0.1, -0.05) is 36.8 Å². The highest BCUT2D eigenvalue weighted by Crippen LogP contribution is 2.18. The molecule has 0 radical (unpaired) electrons. The van der Waals surface area contributed by atoms with Gasteiger partial charge in [0, 0.05) is 11.9 Å². The minimum Gasteiger partial charge on any atom is -0.212 e. The summed E-state index contributed by atoms with van der Waals surface area (Å²) in [6.07, 6.45) is 2.06. The molecule has 0 fully saturated rings. The van der Waals surface area contributed by atoms with Crippen molar-refractivity contribution in [2.75, 3.05) is 11.6 Å². The van der Waals surface area contributed by atoms with Crippen LogP contribution < -0.4 is 4.72 Å². The van der Waals surface area contributed by atoms with E-state index in [4.69, 9.17) is 11.6 Å². The number of rotatable bonds is 8. The molecule has 1 N–H and O–H groups in total. The minimum atomic E-state index is -3.23. The third-order valence-electron chi connectivity index (χ3n) is 3.01. The van der Waals surface area contributed by atoms with Gasteiger partial charge in [0.15, 0.2) is 0 Å². The van der Waals surface area contributed by atoms with Crippen molar-refractivity contribution in [3.63, 3.8) is 0 Å². The molecular weight excluding hydrogens is 282 g/mol. The van der Waals surface area contributed by atoms with Gasteiger partial charge >= 0.3 is 0 Å². The Morgan fingerprint density at radius 1 is 1.21 bits per heavy atom. The summed E-state index contributed by atoms with van der Waals surface area (Å²) in [6.45, 7) is 3.99. The van der Waals surface area contributed by atoms with Gasteiger partial charge in [-0.25, -0.2) is 13.1 Å². The molecule has 0 heterocycles. The molecule has 1 atom stereocenters. The Bertz CT molecular complexity index is 471. The van der Waals surface area contributed by atoms with E-state index < -0.39 is 10.0 Å². The van der Waals surface area contributed by atoms with E-state index in [1.54, 1.807) is 0 Å². The molecule has 1 rings (SSSR count). The number of hydrogen-bond donors (Lipinski definition) is 1. The fraction of sp³-hybridized carbons (Fsp3) is 0.571. The zero-order valence-corrected chi connectivity index (χ0v) is 13.1. The van der Waals surface area contributed by atoms with E-state index in [0.717, 1.165) is 18.4 Å². The second-order valence-corrected chi connectivity index (χ2v) is 6.96. The van der Waals surface area contributed by atoms with Crippen molar-refractivity contribution in [3.8, 4) is 0 Å². The monoisotopic (exact) mass is 303 g/mol. The third kappa shape index (κ3) is 5.93. The van der Waals surface area contributed by atoms with Crippen molar-refractivity contribution in [2.45, 2.75) is 39.2 Å². The van der Waals surface area contributed by atoms with E-state index >= 15 is 0 Å². The molecule has 1 aromatic carbocycles. The fourth-order valence-electron chi connectivity index (χ4n) is 1.85. The van der Waals surface area contributed by atoms with Gasteiger partial charge in [-0.05, 0) is 31.7 Å². The van der Waals surface area contributed by atoms with Crippen molar-refractivity contribution in [3.05, 3.63) is 35.4 Å². The minimum absolute atomic E-state index is 0.141. The molecule has 0 aliphatic rings. The summed E-state index contributed by atoms with van der Waals surface area (Å²) >= 11 is 5.56. The molecule has 0 saturated carbocycles. The Hall–Kier alpha value is -0.580. The number of benzene rings is 1. The lowest BCUT2D eigenvalue weighted by atomic mass is 10.0. The molecule has 0 spiro atoms. The highest BCUT2D eigenvalue weighted by molar-refractivity contribution is 7.89. The van der Waals surface area contributed by atoms with E-state index in [2.05, 4.69) is 4.72 Å². The van der Waals surface area contributed by atoms with Crippen molar-refractivity contribution < 1.29 is 8.42 Å². The first-order chi connectivity index (χ1) is 8.98. The van der Waals surface area contributed by atoms with Crippen molar-refractivity contribution in [1.29, 1.82) is 0 Å². The Kier molecular flexibility index (Phi) is 6.83. The van der Waals surface area contributed by atoms with Gasteiger partial charge < -0.3 is 0 Å². The molecule has 0 aromatic heterocycles. The summed E-state index contributed by atoms with van der Waals surface area (Å²) in [5, 5.41) is 0. The Balaban J connectivity index is 2.68. The Morgan fingerprint density at radius 2 is 1.84 bits per heavy atom. The summed E-state index contributed by atoms with van der Waals surface area (Å²) in [5.74, 6) is 0.646. The summed E-state index contributed by atoms with van der Waals surface area (Å²) in [6, 6.07) is 7.80. The molecule has 19 heavy (non-hydrogen) atoms. The SMILES string of the molecule is CCC(NS(=O)(=O)CCCCCl)c1ccc(C)cc1. The largest absolute Gasteiger partial charge is 0.212 e. The maximum atomic E-state index is 12.0. The van der Waals surface area contributed by atoms with Gasteiger partial charge in [0.1, 0.15) is 0 Å². The summed E-state index contributed by atoms with van der Waals surface area (Å²) < 4.78 is 26.7. The molecule has 1 aromatic rings. The number of alkyl halides is 1. The smallest absolute Gasteiger partial charge is 0.212 e. The number of aryl methyl sites for hydroxylation is 1. The lowest BCUT2D eigenvalue weighted by molar-refractivity contribution is 0.547. The fourth-order valence-corrected chi connectivity index (χ4v) is 3.48. The van der Waals surface area contributed by atoms with Crippen LogP contribution in [-0.4, -0.2) is 20.1 Å². The molecule has 3 nitrogen and oxygen atoms in total. The van der Waals surface area contributed by atoms with Crippen LogP contribution in [0.2, 0.25) is 0 Å². The molecular formula is C14H22ClNO2S. The molecule has 0 amide bonds. The molecule has 5 heteroatoms. The predicted molar refractivity (Wildman–Crippen MR) is 81.1 cm³/mol. The average molecular weight is 304 g/mol. The van der Waals surface area contributed by atoms with Crippen LogP contribution in [0.15, 0.2) is 24.3 Å². The van der Waals surface area contributed by atoms with Gasteiger partial charge in [-0.3, -0.25) is 0 Å². The number of hydrogen-bond acceptors (Lipinski definition) is 2. The van der Waals surface area contributed by atoms with Gasteiger partial charge in [0.2, 0.25) is 10.0 Å².